The molecule has 2 fully saturated rings. The summed E-state index contributed by atoms with van der Waals surface area (Å²) < 4.78 is 13.3. The molecule has 5 atom stereocenters. The van der Waals surface area contributed by atoms with E-state index in [1.54, 1.807) is 38.1 Å². The first kappa shape index (κ1) is 24.3. The van der Waals surface area contributed by atoms with Crippen LogP contribution in [0.3, 0.4) is 0 Å². The zero-order chi connectivity index (χ0) is 29.0. The summed E-state index contributed by atoms with van der Waals surface area (Å²) >= 11 is 0. The van der Waals surface area contributed by atoms with Crippen LogP contribution in [0.15, 0.2) is 48.0 Å². The molecule has 3 aromatic rings. The number of carbonyl (C=O) groups excluding carboxylic acids is 3. The highest BCUT2D eigenvalue weighted by Gasteiger charge is 2.81. The van der Waals surface area contributed by atoms with Crippen molar-refractivity contribution in [1.29, 1.82) is 0 Å². The number of Topliss-reactive ketones (excluding diaryl/α,β-unsaturated/α-hetero) is 1. The van der Waals surface area contributed by atoms with Crippen LogP contribution < -0.4 is 4.74 Å². The Hall–Kier alpha value is -4.47. The van der Waals surface area contributed by atoms with E-state index in [1.165, 1.54) is 25.1 Å². The first-order valence-corrected chi connectivity index (χ1v) is 13.4. The molecule has 1 saturated carbocycles. The molecule has 41 heavy (non-hydrogen) atoms. The summed E-state index contributed by atoms with van der Waals surface area (Å²) in [4.78, 5) is 41.6. The van der Waals surface area contributed by atoms with E-state index in [1.807, 2.05) is 0 Å². The number of carbonyl (C=O) groups is 3. The summed E-state index contributed by atoms with van der Waals surface area (Å²) in [7, 11) is 0. The number of aryl methyl sites for hydroxylation is 1. The molecule has 0 aromatic heterocycles. The molecule has 0 bridgehead atoms. The number of phenolic OH excluding ortho intramolecular Hbond substituents is 2. The van der Waals surface area contributed by atoms with Crippen LogP contribution in [0.4, 0.5) is 0 Å². The van der Waals surface area contributed by atoms with E-state index in [0.717, 1.165) is 0 Å². The number of aliphatic hydroxyl groups excluding tert-OH is 1. The number of hydrogen-bond acceptors (Lipinski definition) is 9. The van der Waals surface area contributed by atoms with Crippen molar-refractivity contribution in [2.45, 2.75) is 50.1 Å². The number of ketones is 3. The van der Waals surface area contributed by atoms with Gasteiger partial charge in [-0.15, -0.1) is 0 Å². The fourth-order valence-electron chi connectivity index (χ4n) is 8.45. The van der Waals surface area contributed by atoms with Gasteiger partial charge in [-0.3, -0.25) is 14.4 Å². The topological polar surface area (TPSA) is 151 Å². The first-order chi connectivity index (χ1) is 19.4. The predicted octanol–water partition coefficient (Wildman–Crippen LogP) is 3.71. The Labute approximate surface area is 233 Å². The van der Waals surface area contributed by atoms with Gasteiger partial charge >= 0.3 is 0 Å². The van der Waals surface area contributed by atoms with Crippen LogP contribution in [-0.2, 0) is 20.7 Å². The lowest BCUT2D eigenvalue weighted by Crippen LogP contribution is -2.62. The Kier molecular flexibility index (Phi) is 4.18. The minimum absolute atomic E-state index is 0.0321. The number of aliphatic hydroxyl groups is 2. The summed E-state index contributed by atoms with van der Waals surface area (Å²) in [6, 6.07) is 10.5. The van der Waals surface area contributed by atoms with E-state index in [9.17, 15) is 34.8 Å². The monoisotopic (exact) mass is 552 g/mol. The maximum absolute atomic E-state index is 14.1. The van der Waals surface area contributed by atoms with Gasteiger partial charge in [0.15, 0.2) is 11.6 Å². The maximum atomic E-state index is 14.1. The third-order valence-corrected chi connectivity index (χ3v) is 9.57. The number of hydrogen-bond donors (Lipinski definition) is 4. The Bertz CT molecular complexity index is 1880. The van der Waals surface area contributed by atoms with Crippen LogP contribution in [0.1, 0.15) is 74.4 Å². The molecule has 4 N–H and O–H groups in total. The smallest absolute Gasteiger partial charge is 0.253 e. The summed E-state index contributed by atoms with van der Waals surface area (Å²) in [5.41, 5.74) is -2.36. The second kappa shape index (κ2) is 7.05. The number of rotatable bonds is 0. The Balaban J connectivity index is 1.52. The molecule has 3 aliphatic carbocycles. The first-order valence-electron chi connectivity index (χ1n) is 13.4. The van der Waals surface area contributed by atoms with Crippen molar-refractivity contribution in [3.8, 4) is 17.2 Å². The average molecular weight is 553 g/mol. The third-order valence-electron chi connectivity index (χ3n) is 9.57. The van der Waals surface area contributed by atoms with E-state index < -0.39 is 51.9 Å². The van der Waals surface area contributed by atoms with Crippen LogP contribution in [0, 0.1) is 12.8 Å². The third kappa shape index (κ3) is 2.42. The molecule has 0 radical (unpaired) electrons. The molecule has 1 saturated heterocycles. The number of ether oxygens (including phenoxy) is 2. The Morgan fingerprint density at radius 3 is 2.39 bits per heavy atom. The lowest BCUT2D eigenvalue weighted by atomic mass is 9.49. The maximum Gasteiger partial charge on any atom is 0.253 e. The van der Waals surface area contributed by atoms with Gasteiger partial charge in [-0.1, -0.05) is 18.2 Å². The van der Waals surface area contributed by atoms with Crippen molar-refractivity contribution in [1.82, 2.24) is 0 Å². The van der Waals surface area contributed by atoms with Gasteiger partial charge < -0.3 is 29.9 Å². The zero-order valence-corrected chi connectivity index (χ0v) is 22.2. The SMILES string of the molecule is Cc1cc(O)c2c(c1)C(=O)c1ccc3c(c1C2=O)O[C@@]12O[C@@H](C)[C@H]4C31C(=C(O)c1c(O)cccc12)C(=O)C[C@@]4(C)O. The molecule has 206 valence electrons. The lowest BCUT2D eigenvalue weighted by molar-refractivity contribution is -0.190. The Morgan fingerprint density at radius 1 is 0.878 bits per heavy atom. The molecule has 9 nitrogen and oxygen atoms in total. The molecule has 9 heteroatoms. The van der Waals surface area contributed by atoms with Crippen LogP contribution in [0.5, 0.6) is 17.2 Å². The van der Waals surface area contributed by atoms with E-state index in [2.05, 4.69) is 0 Å². The second-order valence-corrected chi connectivity index (χ2v) is 11.9. The van der Waals surface area contributed by atoms with Gasteiger partial charge in [0, 0.05) is 34.6 Å². The fourth-order valence-corrected chi connectivity index (χ4v) is 8.45. The van der Waals surface area contributed by atoms with E-state index >= 15 is 0 Å². The lowest BCUT2D eigenvalue weighted by Gasteiger charge is -2.52. The Morgan fingerprint density at radius 2 is 1.63 bits per heavy atom. The minimum Gasteiger partial charge on any atom is -0.507 e. The number of fused-ring (bicyclic) bond motifs is 5. The number of aromatic hydroxyl groups is 2. The second-order valence-electron chi connectivity index (χ2n) is 11.9. The van der Waals surface area contributed by atoms with Crippen molar-refractivity contribution in [3.63, 3.8) is 0 Å². The van der Waals surface area contributed by atoms with Gasteiger partial charge in [0.2, 0.25) is 5.78 Å². The molecular weight excluding hydrogens is 528 g/mol. The quantitative estimate of drug-likeness (QED) is 0.256. The molecule has 1 unspecified atom stereocenters. The van der Waals surface area contributed by atoms with Gasteiger partial charge in [-0.2, -0.15) is 0 Å². The summed E-state index contributed by atoms with van der Waals surface area (Å²) in [5.74, 6) is -5.52. The highest BCUT2D eigenvalue weighted by molar-refractivity contribution is 6.30. The average Bonchev–Trinajstić information content (AvgIpc) is 3.31. The molecule has 0 amide bonds. The van der Waals surface area contributed by atoms with Crippen LogP contribution in [0.25, 0.3) is 5.76 Å². The van der Waals surface area contributed by atoms with Crippen LogP contribution in [0.2, 0.25) is 0 Å². The number of benzene rings is 3. The van der Waals surface area contributed by atoms with Crippen LogP contribution >= 0.6 is 0 Å². The summed E-state index contributed by atoms with van der Waals surface area (Å²) in [5, 5.41) is 45.0. The van der Waals surface area contributed by atoms with Gasteiger partial charge in [0.05, 0.1) is 34.0 Å². The largest absolute Gasteiger partial charge is 0.507 e. The van der Waals surface area contributed by atoms with Crippen molar-refractivity contribution < 1.29 is 44.3 Å². The van der Waals surface area contributed by atoms with Gasteiger partial charge in [0.1, 0.15) is 28.4 Å². The predicted molar refractivity (Wildman–Crippen MR) is 142 cm³/mol. The van der Waals surface area contributed by atoms with Crippen molar-refractivity contribution >= 4 is 23.1 Å². The standard InChI is InChI=1S/C32H24O9/c1-12-9-15-21(19(34)10-12)26(37)22-14(25(15)36)7-8-17-28(22)41-32-16-5-4-6-18(33)23(16)27(38)24-20(35)11-30(3,39)29(13(2)40-32)31(17,24)32/h4-10,13,29,33-34,38-39H,11H2,1-3H3/t13-,29+,30+,31?,32+/m0/s1. The van der Waals surface area contributed by atoms with Crippen molar-refractivity contribution in [2.75, 3.05) is 0 Å². The summed E-state index contributed by atoms with van der Waals surface area (Å²) in [6.07, 6.45) is -1.02. The van der Waals surface area contributed by atoms with Crippen molar-refractivity contribution in [3.05, 3.63) is 92.5 Å². The highest BCUT2D eigenvalue weighted by Crippen LogP contribution is 2.74. The fraction of sp³-hybridized carbons (Fsp3) is 0.281. The van der Waals surface area contributed by atoms with E-state index in [4.69, 9.17) is 9.47 Å². The number of phenols is 2. The molecule has 5 aliphatic rings. The van der Waals surface area contributed by atoms with E-state index in [-0.39, 0.29) is 62.6 Å². The van der Waals surface area contributed by atoms with Gasteiger partial charge in [-0.05, 0) is 50.6 Å². The molecule has 3 aromatic carbocycles. The molecule has 1 spiro atoms. The molecular formula is C32H24O9. The van der Waals surface area contributed by atoms with Gasteiger partial charge in [0.25, 0.3) is 5.79 Å². The minimum atomic E-state index is -1.87. The summed E-state index contributed by atoms with van der Waals surface area (Å²) in [6.45, 7) is 4.98. The molecule has 8 rings (SSSR count). The van der Waals surface area contributed by atoms with Crippen LogP contribution in [-0.4, -0.2) is 49.5 Å². The zero-order valence-electron chi connectivity index (χ0n) is 22.2. The van der Waals surface area contributed by atoms with Crippen molar-refractivity contribution in [2.24, 2.45) is 5.92 Å². The van der Waals surface area contributed by atoms with E-state index in [0.29, 0.717) is 11.1 Å². The van der Waals surface area contributed by atoms with Gasteiger partial charge in [-0.25, -0.2) is 0 Å². The molecule has 2 heterocycles. The molecule has 2 aliphatic heterocycles. The highest BCUT2D eigenvalue weighted by atomic mass is 16.7. The normalized spacial score (nSPS) is 32.0.